The summed E-state index contributed by atoms with van der Waals surface area (Å²) in [5.41, 5.74) is 8.26. The normalized spacial score (nSPS) is 12.6. The maximum atomic E-state index is 6.04. The fraction of sp³-hybridized carbons (Fsp3) is 0.308. The van der Waals surface area contributed by atoms with Gasteiger partial charge in [0.25, 0.3) is 0 Å². The molecule has 0 amide bonds. The van der Waals surface area contributed by atoms with E-state index < -0.39 is 0 Å². The van der Waals surface area contributed by atoms with Crippen molar-refractivity contribution in [1.82, 2.24) is 9.55 Å². The molecule has 2 N–H and O–H groups in total. The number of nitrogens with zero attached hydrogens (tertiary/aromatic N) is 2. The Morgan fingerprint density at radius 1 is 1.47 bits per heavy atom. The number of halogens is 1. The lowest BCUT2D eigenvalue weighted by Crippen LogP contribution is -2.22. The Hall–Kier alpha value is -1.32. The number of rotatable bonds is 4. The van der Waals surface area contributed by atoms with E-state index in [2.05, 4.69) is 11.9 Å². The smallest absolute Gasteiger partial charge is 0.0991 e. The molecule has 0 fully saturated rings. The monoisotopic (exact) mass is 249 g/mol. The molecular formula is C13H16ClN3. The Labute approximate surface area is 106 Å². The summed E-state index contributed by atoms with van der Waals surface area (Å²) in [6.45, 7) is 2.09. The molecule has 0 saturated heterocycles. The first kappa shape index (κ1) is 12.1. The molecule has 0 aliphatic carbocycles. The van der Waals surface area contributed by atoms with Crippen LogP contribution in [-0.2, 0) is 6.42 Å². The van der Waals surface area contributed by atoms with Crippen LogP contribution in [0.1, 0.15) is 18.9 Å². The molecule has 2 aromatic rings. The van der Waals surface area contributed by atoms with Crippen molar-refractivity contribution in [2.45, 2.75) is 25.8 Å². The Balaban J connectivity index is 2.38. The van der Waals surface area contributed by atoms with Gasteiger partial charge < -0.3 is 10.3 Å². The van der Waals surface area contributed by atoms with Crippen LogP contribution in [0.5, 0.6) is 0 Å². The molecule has 1 heterocycles. The van der Waals surface area contributed by atoms with Crippen molar-refractivity contribution in [1.29, 1.82) is 0 Å². The van der Waals surface area contributed by atoms with Gasteiger partial charge >= 0.3 is 0 Å². The quantitative estimate of drug-likeness (QED) is 0.906. The van der Waals surface area contributed by atoms with E-state index in [1.54, 1.807) is 12.5 Å². The zero-order valence-electron chi connectivity index (χ0n) is 9.81. The van der Waals surface area contributed by atoms with Gasteiger partial charge in [0, 0.05) is 29.1 Å². The van der Waals surface area contributed by atoms with E-state index in [1.807, 2.05) is 29.0 Å². The highest BCUT2D eigenvalue weighted by Crippen LogP contribution is 2.21. The third-order valence-electron chi connectivity index (χ3n) is 2.83. The molecule has 3 nitrogen and oxygen atoms in total. The molecule has 0 radical (unpaired) electrons. The summed E-state index contributed by atoms with van der Waals surface area (Å²) in [6, 6.07) is 6.03. The predicted molar refractivity (Wildman–Crippen MR) is 70.5 cm³/mol. The molecule has 1 unspecified atom stereocenters. The highest BCUT2D eigenvalue weighted by Gasteiger charge is 2.08. The molecule has 0 saturated carbocycles. The van der Waals surface area contributed by atoms with Gasteiger partial charge in [-0.2, -0.15) is 0 Å². The zero-order valence-corrected chi connectivity index (χ0v) is 10.6. The Morgan fingerprint density at radius 3 is 2.94 bits per heavy atom. The van der Waals surface area contributed by atoms with Gasteiger partial charge in [-0.15, -0.1) is 0 Å². The topological polar surface area (TPSA) is 43.8 Å². The van der Waals surface area contributed by atoms with Crippen molar-refractivity contribution in [2.24, 2.45) is 5.73 Å². The van der Waals surface area contributed by atoms with Gasteiger partial charge in [-0.3, -0.25) is 0 Å². The molecule has 4 heteroatoms. The third kappa shape index (κ3) is 2.87. The molecule has 1 aromatic heterocycles. The first-order valence-electron chi connectivity index (χ1n) is 5.73. The number of benzene rings is 1. The molecule has 0 aliphatic rings. The lowest BCUT2D eigenvalue weighted by atomic mass is 10.0. The predicted octanol–water partition coefficient (Wildman–Crippen LogP) is 2.81. The molecule has 1 atom stereocenters. The van der Waals surface area contributed by atoms with Crippen molar-refractivity contribution in [2.75, 3.05) is 0 Å². The summed E-state index contributed by atoms with van der Waals surface area (Å²) in [7, 11) is 0. The molecule has 0 bridgehead atoms. The Morgan fingerprint density at radius 2 is 2.29 bits per heavy atom. The van der Waals surface area contributed by atoms with Gasteiger partial charge in [0.05, 0.1) is 6.33 Å². The first-order valence-corrected chi connectivity index (χ1v) is 6.11. The number of aromatic nitrogens is 2. The summed E-state index contributed by atoms with van der Waals surface area (Å²) in [5.74, 6) is 0. The summed E-state index contributed by atoms with van der Waals surface area (Å²) < 4.78 is 1.98. The standard InChI is InChI=1S/C13H16ClN3/c1-2-12(15)8-10-7-11(14)3-4-13(10)17-6-5-16-9-17/h3-7,9,12H,2,8,15H2,1H3. The van der Waals surface area contributed by atoms with Crippen LogP contribution in [-0.4, -0.2) is 15.6 Å². The van der Waals surface area contributed by atoms with Crippen LogP contribution >= 0.6 is 11.6 Å². The average Bonchev–Trinajstić information content (AvgIpc) is 2.82. The minimum atomic E-state index is 0.163. The van der Waals surface area contributed by atoms with E-state index in [0.717, 1.165) is 29.1 Å². The summed E-state index contributed by atoms with van der Waals surface area (Å²) in [6.07, 6.45) is 7.24. The number of nitrogens with two attached hydrogens (primary N) is 1. The van der Waals surface area contributed by atoms with Gasteiger partial charge in [-0.25, -0.2) is 4.98 Å². The van der Waals surface area contributed by atoms with Crippen molar-refractivity contribution in [3.63, 3.8) is 0 Å². The van der Waals surface area contributed by atoms with Crippen LogP contribution in [0.2, 0.25) is 5.02 Å². The minimum absolute atomic E-state index is 0.163. The van der Waals surface area contributed by atoms with Gasteiger partial charge in [0.2, 0.25) is 0 Å². The summed E-state index contributed by atoms with van der Waals surface area (Å²) in [5, 5.41) is 0.743. The van der Waals surface area contributed by atoms with E-state index in [9.17, 15) is 0 Å². The van der Waals surface area contributed by atoms with Crippen LogP contribution in [0.3, 0.4) is 0 Å². The first-order chi connectivity index (χ1) is 8.20. The van der Waals surface area contributed by atoms with Gasteiger partial charge in [0.15, 0.2) is 0 Å². The minimum Gasteiger partial charge on any atom is -0.327 e. The molecule has 0 spiro atoms. The second-order valence-electron chi connectivity index (χ2n) is 4.12. The largest absolute Gasteiger partial charge is 0.327 e. The van der Waals surface area contributed by atoms with E-state index in [0.29, 0.717) is 0 Å². The van der Waals surface area contributed by atoms with Crippen LogP contribution in [0.25, 0.3) is 5.69 Å². The molecule has 2 rings (SSSR count). The van der Waals surface area contributed by atoms with Crippen LogP contribution in [0, 0.1) is 0 Å². The molecule has 0 aliphatic heterocycles. The Kier molecular flexibility index (Phi) is 3.82. The number of imidazole rings is 1. The fourth-order valence-corrected chi connectivity index (χ4v) is 1.99. The molecule has 90 valence electrons. The van der Waals surface area contributed by atoms with Crippen molar-refractivity contribution < 1.29 is 0 Å². The highest BCUT2D eigenvalue weighted by molar-refractivity contribution is 6.30. The van der Waals surface area contributed by atoms with Crippen LogP contribution in [0.15, 0.2) is 36.9 Å². The van der Waals surface area contributed by atoms with Crippen molar-refractivity contribution in [3.05, 3.63) is 47.5 Å². The van der Waals surface area contributed by atoms with Crippen molar-refractivity contribution in [3.8, 4) is 5.69 Å². The maximum absolute atomic E-state index is 6.04. The summed E-state index contributed by atoms with van der Waals surface area (Å²) in [4.78, 5) is 4.06. The van der Waals surface area contributed by atoms with E-state index in [4.69, 9.17) is 17.3 Å². The molecule has 1 aromatic carbocycles. The van der Waals surface area contributed by atoms with E-state index >= 15 is 0 Å². The molecule has 17 heavy (non-hydrogen) atoms. The number of hydrogen-bond donors (Lipinski definition) is 1. The van der Waals surface area contributed by atoms with Gasteiger partial charge in [-0.1, -0.05) is 18.5 Å². The lowest BCUT2D eigenvalue weighted by Gasteiger charge is -2.14. The Bertz CT molecular complexity index is 479. The van der Waals surface area contributed by atoms with Crippen molar-refractivity contribution >= 4 is 11.6 Å². The third-order valence-corrected chi connectivity index (χ3v) is 3.07. The van der Waals surface area contributed by atoms with Crippen LogP contribution in [0.4, 0.5) is 0 Å². The maximum Gasteiger partial charge on any atom is 0.0991 e. The SMILES string of the molecule is CCC(N)Cc1cc(Cl)ccc1-n1ccnc1. The number of hydrogen-bond acceptors (Lipinski definition) is 2. The second-order valence-corrected chi connectivity index (χ2v) is 4.55. The van der Waals surface area contributed by atoms with E-state index in [1.165, 1.54) is 0 Å². The van der Waals surface area contributed by atoms with Gasteiger partial charge in [0.1, 0.15) is 0 Å². The summed E-state index contributed by atoms with van der Waals surface area (Å²) >= 11 is 6.04. The van der Waals surface area contributed by atoms with Crippen LogP contribution < -0.4 is 5.73 Å². The van der Waals surface area contributed by atoms with E-state index in [-0.39, 0.29) is 6.04 Å². The lowest BCUT2D eigenvalue weighted by molar-refractivity contribution is 0.644. The highest BCUT2D eigenvalue weighted by atomic mass is 35.5. The average molecular weight is 250 g/mol. The van der Waals surface area contributed by atoms with Gasteiger partial charge in [-0.05, 0) is 36.6 Å². The zero-order chi connectivity index (χ0) is 12.3. The second kappa shape index (κ2) is 5.34. The molecular weight excluding hydrogens is 234 g/mol. The fourth-order valence-electron chi connectivity index (χ4n) is 1.80.